The molecule has 4 aromatic rings. The Balaban J connectivity index is 1.92. The van der Waals surface area contributed by atoms with Gasteiger partial charge in [0.05, 0.1) is 64.6 Å². The molecule has 2 aliphatic heterocycles. The second kappa shape index (κ2) is 10.2. The molecule has 4 aromatic carbocycles. The Morgan fingerprint density at radius 2 is 1.22 bits per heavy atom. The Morgan fingerprint density at radius 3 is 1.78 bits per heavy atom. The van der Waals surface area contributed by atoms with Gasteiger partial charge in [-0.3, -0.25) is 0 Å². The molecule has 0 aliphatic carbocycles. The van der Waals surface area contributed by atoms with Gasteiger partial charge in [0.1, 0.15) is 40.6 Å². The van der Waals surface area contributed by atoms with Gasteiger partial charge < -0.3 is 43.7 Å². The molecule has 0 amide bonds. The summed E-state index contributed by atoms with van der Waals surface area (Å²) in [5.41, 5.74) is 4.04. The van der Waals surface area contributed by atoms with Crippen LogP contribution in [-0.2, 0) is 29.1 Å². The number of hydrogen-bond donors (Lipinski definition) is 3. The van der Waals surface area contributed by atoms with E-state index in [-0.39, 0.29) is 30.8 Å². The summed E-state index contributed by atoms with van der Waals surface area (Å²) in [4.78, 5) is 0. The molecule has 0 saturated heterocycles. The number of hydrogen-bond acceptors (Lipinski definition) is 9. The predicted octanol–water partition coefficient (Wildman–Crippen LogP) is 5.52. The predicted molar refractivity (Wildman–Crippen MR) is 154 cm³/mol. The maximum atomic E-state index is 11.7. The van der Waals surface area contributed by atoms with E-state index >= 15 is 0 Å². The van der Waals surface area contributed by atoms with Crippen LogP contribution in [0.3, 0.4) is 0 Å². The van der Waals surface area contributed by atoms with Gasteiger partial charge in [0, 0.05) is 39.6 Å². The molecule has 216 valence electrons. The van der Waals surface area contributed by atoms with Crippen molar-refractivity contribution in [2.24, 2.45) is 0 Å². The van der Waals surface area contributed by atoms with Gasteiger partial charge in [0.15, 0.2) is 0 Å². The topological polar surface area (TPSA) is 116 Å². The molecule has 41 heavy (non-hydrogen) atoms. The Morgan fingerprint density at radius 1 is 0.683 bits per heavy atom. The summed E-state index contributed by atoms with van der Waals surface area (Å²) in [5, 5.41) is 37.2. The molecule has 6 rings (SSSR count). The lowest BCUT2D eigenvalue weighted by Crippen LogP contribution is -2.27. The fourth-order valence-electron chi connectivity index (χ4n) is 6.32. The molecule has 0 aromatic heterocycles. The molecule has 0 fully saturated rings. The fraction of sp³-hybridized carbons (Fsp3) is 0.375. The molecular weight excluding hydrogens is 528 g/mol. The molecule has 0 unspecified atom stereocenters. The second-order valence-electron chi connectivity index (χ2n) is 10.6. The zero-order chi connectivity index (χ0) is 29.2. The maximum absolute atomic E-state index is 11.7. The number of benzene rings is 4. The van der Waals surface area contributed by atoms with E-state index in [2.05, 4.69) is 0 Å². The number of aliphatic hydroxyl groups excluding tert-OH is 1. The third-order valence-corrected chi connectivity index (χ3v) is 8.39. The van der Waals surface area contributed by atoms with Gasteiger partial charge in [-0.2, -0.15) is 0 Å². The monoisotopic (exact) mass is 562 g/mol. The van der Waals surface area contributed by atoms with E-state index in [0.717, 1.165) is 11.1 Å². The largest absolute Gasteiger partial charge is 0.507 e. The smallest absolute Gasteiger partial charge is 0.134 e. The molecule has 2 heterocycles. The van der Waals surface area contributed by atoms with Crippen LogP contribution in [0.4, 0.5) is 0 Å². The van der Waals surface area contributed by atoms with E-state index in [9.17, 15) is 15.3 Å². The zero-order valence-corrected chi connectivity index (χ0v) is 24.0. The Hall–Kier alpha value is -3.92. The van der Waals surface area contributed by atoms with Crippen LogP contribution in [-0.4, -0.2) is 56.0 Å². The quantitative estimate of drug-likeness (QED) is 0.289. The van der Waals surface area contributed by atoms with Crippen LogP contribution in [0.15, 0.2) is 24.3 Å². The molecule has 0 bridgehead atoms. The van der Waals surface area contributed by atoms with Gasteiger partial charge in [-0.15, -0.1) is 0 Å². The van der Waals surface area contributed by atoms with Crippen LogP contribution in [0, 0.1) is 0 Å². The summed E-state index contributed by atoms with van der Waals surface area (Å²) in [5.74, 6) is 1.97. The van der Waals surface area contributed by atoms with E-state index in [4.69, 9.17) is 28.4 Å². The van der Waals surface area contributed by atoms with Gasteiger partial charge in [-0.05, 0) is 49.1 Å². The van der Waals surface area contributed by atoms with E-state index in [1.807, 2.05) is 19.1 Å². The van der Waals surface area contributed by atoms with Crippen LogP contribution in [0.1, 0.15) is 42.2 Å². The highest BCUT2D eigenvalue weighted by atomic mass is 16.5. The summed E-state index contributed by atoms with van der Waals surface area (Å²) in [6.45, 7) is 4.09. The first-order valence-corrected chi connectivity index (χ1v) is 13.5. The van der Waals surface area contributed by atoms with E-state index < -0.39 is 12.2 Å². The lowest BCUT2D eigenvalue weighted by molar-refractivity contribution is -0.0527. The van der Waals surface area contributed by atoms with Gasteiger partial charge >= 0.3 is 0 Å². The molecule has 0 radical (unpaired) electrons. The average molecular weight is 563 g/mol. The third-order valence-electron chi connectivity index (χ3n) is 8.39. The first kappa shape index (κ1) is 27.3. The highest BCUT2D eigenvalue weighted by Gasteiger charge is 2.37. The van der Waals surface area contributed by atoms with Gasteiger partial charge in [-0.1, -0.05) is 0 Å². The minimum Gasteiger partial charge on any atom is -0.507 e. The van der Waals surface area contributed by atoms with Gasteiger partial charge in [-0.25, -0.2) is 0 Å². The van der Waals surface area contributed by atoms with E-state index in [1.165, 1.54) is 7.11 Å². The van der Waals surface area contributed by atoms with Crippen LogP contribution in [0.25, 0.3) is 32.7 Å². The first-order valence-electron chi connectivity index (χ1n) is 13.5. The van der Waals surface area contributed by atoms with Crippen LogP contribution < -0.4 is 18.9 Å². The van der Waals surface area contributed by atoms with Crippen molar-refractivity contribution in [3.05, 3.63) is 46.5 Å². The Kier molecular flexibility index (Phi) is 6.76. The summed E-state index contributed by atoms with van der Waals surface area (Å²) < 4.78 is 34.7. The lowest BCUT2D eigenvalue weighted by atomic mass is 9.78. The highest BCUT2D eigenvalue weighted by molar-refractivity contribution is 6.15. The van der Waals surface area contributed by atoms with Crippen molar-refractivity contribution in [1.29, 1.82) is 0 Å². The van der Waals surface area contributed by atoms with E-state index in [0.29, 0.717) is 73.2 Å². The molecule has 9 heteroatoms. The number of phenolic OH excluding ortho intramolecular Hbond substituents is 2. The number of ether oxygens (including phenoxy) is 6. The SMILES string of the molecule is COc1cc(OC)c2c(O)c3c(c(-c4c5c(c(O)c6c(OC)cc(OC)cc46)CO[C@H](C)[C@H]5O)c2c1)C[C@@H](C)OC3. The zero-order valence-electron chi connectivity index (χ0n) is 24.0. The van der Waals surface area contributed by atoms with E-state index in [1.54, 1.807) is 40.4 Å². The second-order valence-corrected chi connectivity index (χ2v) is 10.6. The Bertz CT molecular complexity index is 1690. The van der Waals surface area contributed by atoms with Crippen molar-refractivity contribution in [2.75, 3.05) is 28.4 Å². The summed E-state index contributed by atoms with van der Waals surface area (Å²) in [6.07, 6.45) is -1.20. The van der Waals surface area contributed by atoms with Crippen LogP contribution >= 0.6 is 0 Å². The molecule has 2 aliphatic rings. The summed E-state index contributed by atoms with van der Waals surface area (Å²) in [6, 6.07) is 7.15. The van der Waals surface area contributed by atoms with Gasteiger partial charge in [0.25, 0.3) is 0 Å². The average Bonchev–Trinajstić information content (AvgIpc) is 2.98. The highest BCUT2D eigenvalue weighted by Crippen LogP contribution is 2.55. The van der Waals surface area contributed by atoms with Gasteiger partial charge in [0.2, 0.25) is 0 Å². The van der Waals surface area contributed by atoms with Crippen molar-refractivity contribution in [2.45, 2.75) is 51.8 Å². The fourth-order valence-corrected chi connectivity index (χ4v) is 6.32. The van der Waals surface area contributed by atoms with Crippen molar-refractivity contribution in [3.8, 4) is 45.6 Å². The number of methoxy groups -OCH3 is 4. The van der Waals surface area contributed by atoms with Crippen LogP contribution in [0.5, 0.6) is 34.5 Å². The molecule has 9 nitrogen and oxygen atoms in total. The molecule has 3 atom stereocenters. The van der Waals surface area contributed by atoms with Crippen molar-refractivity contribution in [3.63, 3.8) is 0 Å². The first-order chi connectivity index (χ1) is 19.7. The Labute approximate surface area is 237 Å². The van der Waals surface area contributed by atoms with Crippen LogP contribution in [0.2, 0.25) is 0 Å². The molecule has 0 saturated carbocycles. The van der Waals surface area contributed by atoms with Crippen molar-refractivity contribution >= 4 is 21.5 Å². The lowest BCUT2D eigenvalue weighted by Gasteiger charge is -2.34. The number of phenols is 2. The number of rotatable bonds is 5. The number of fused-ring (bicyclic) bond motifs is 4. The number of aromatic hydroxyl groups is 2. The summed E-state index contributed by atoms with van der Waals surface area (Å²) >= 11 is 0. The standard InChI is InChI=1S/C32H34O9/c1-14-7-18-21(12-40-14)31(34)26-19(8-16(36-3)10-23(26)38-5)25(18)28-20-9-17(37-4)11-24(39-6)27(20)32(35)22-13-41-15(2)30(33)29(22)28/h8-11,14-15,30,33-35H,7,12-13H2,1-6H3/t14-,15-,30-/m1/s1. The maximum Gasteiger partial charge on any atom is 0.134 e. The number of aliphatic hydroxyl groups is 1. The minimum atomic E-state index is -1.05. The minimum absolute atomic E-state index is 0.0204. The molecule has 3 N–H and O–H groups in total. The molecule has 0 spiro atoms. The van der Waals surface area contributed by atoms with Crippen molar-refractivity contribution in [1.82, 2.24) is 0 Å². The summed E-state index contributed by atoms with van der Waals surface area (Å²) in [7, 11) is 6.22. The normalized spacial score (nSPS) is 20.0. The third kappa shape index (κ3) is 4.02. The molecular formula is C32H34O9. The van der Waals surface area contributed by atoms with Crippen molar-refractivity contribution < 1.29 is 43.7 Å².